The van der Waals surface area contributed by atoms with Crippen LogP contribution in [0.25, 0.3) is 0 Å². The minimum Gasteiger partial charge on any atom is -0.211 e. The van der Waals surface area contributed by atoms with Gasteiger partial charge in [0, 0.05) is 6.54 Å². The van der Waals surface area contributed by atoms with Gasteiger partial charge >= 0.3 is 0 Å². The minimum atomic E-state index is -3.46. The van der Waals surface area contributed by atoms with Crippen molar-refractivity contribution in [2.45, 2.75) is 37.5 Å². The number of hydrogen-bond donors (Lipinski definition) is 1. The van der Waals surface area contributed by atoms with E-state index in [1.165, 1.54) is 30.7 Å². The lowest BCUT2D eigenvalue weighted by atomic mass is 9.67. The predicted molar refractivity (Wildman–Crippen MR) is 72.9 cm³/mol. The van der Waals surface area contributed by atoms with E-state index in [9.17, 15) is 8.42 Å². The van der Waals surface area contributed by atoms with Gasteiger partial charge in [-0.25, -0.2) is 13.1 Å². The maximum atomic E-state index is 12.1. The summed E-state index contributed by atoms with van der Waals surface area (Å²) < 4.78 is 27.0. The van der Waals surface area contributed by atoms with Crippen molar-refractivity contribution in [3.8, 4) is 6.07 Å². The van der Waals surface area contributed by atoms with Crippen LogP contribution in [0, 0.1) is 16.7 Å². The van der Waals surface area contributed by atoms with Crippen molar-refractivity contribution in [2.75, 3.05) is 6.54 Å². The lowest BCUT2D eigenvalue weighted by molar-refractivity contribution is 0.133. The second kappa shape index (κ2) is 5.32. The smallest absolute Gasteiger partial charge is 0.211 e. The zero-order valence-electron chi connectivity index (χ0n) is 11.0. The van der Waals surface area contributed by atoms with E-state index in [1.807, 2.05) is 6.07 Å². The summed E-state index contributed by atoms with van der Waals surface area (Å²) in [4.78, 5) is 0.220. The van der Waals surface area contributed by atoms with E-state index in [0.717, 1.165) is 19.3 Å². The topological polar surface area (TPSA) is 70.0 Å². The molecular weight excluding hydrogens is 260 g/mol. The third-order valence-electron chi connectivity index (χ3n) is 4.10. The van der Waals surface area contributed by atoms with Gasteiger partial charge in [0.25, 0.3) is 0 Å². The lowest BCUT2D eigenvalue weighted by Gasteiger charge is -2.41. The maximum Gasteiger partial charge on any atom is 0.240 e. The highest BCUT2D eigenvalue weighted by Gasteiger charge is 2.36. The van der Waals surface area contributed by atoms with Gasteiger partial charge in [0.15, 0.2) is 0 Å². The van der Waals surface area contributed by atoms with E-state index in [2.05, 4.69) is 11.6 Å². The Labute approximate surface area is 114 Å². The van der Waals surface area contributed by atoms with E-state index in [1.54, 1.807) is 0 Å². The quantitative estimate of drug-likeness (QED) is 0.899. The molecule has 1 aromatic rings. The summed E-state index contributed by atoms with van der Waals surface area (Å²) in [6.07, 6.45) is 4.38. The zero-order chi connectivity index (χ0) is 13.9. The Bertz CT molecular complexity index is 575. The molecule has 0 bridgehead atoms. The summed E-state index contributed by atoms with van der Waals surface area (Å²) in [7, 11) is -3.46. The molecule has 1 fully saturated rings. The molecule has 0 unspecified atom stereocenters. The van der Waals surface area contributed by atoms with Gasteiger partial charge < -0.3 is 0 Å². The first-order valence-corrected chi connectivity index (χ1v) is 7.99. The molecule has 1 aromatic carbocycles. The van der Waals surface area contributed by atoms with Crippen LogP contribution >= 0.6 is 0 Å². The van der Waals surface area contributed by atoms with E-state index in [4.69, 9.17) is 5.26 Å². The van der Waals surface area contributed by atoms with Crippen molar-refractivity contribution in [2.24, 2.45) is 5.41 Å². The van der Waals surface area contributed by atoms with Crippen LogP contribution in [-0.2, 0) is 10.0 Å². The Morgan fingerprint density at radius 2 is 1.95 bits per heavy atom. The van der Waals surface area contributed by atoms with E-state index in [-0.39, 0.29) is 10.3 Å². The Morgan fingerprint density at radius 3 is 2.37 bits per heavy atom. The molecule has 0 aromatic heterocycles. The van der Waals surface area contributed by atoms with Crippen LogP contribution in [0.3, 0.4) is 0 Å². The molecule has 2 rings (SSSR count). The van der Waals surface area contributed by atoms with Crippen LogP contribution in [0.1, 0.15) is 38.2 Å². The molecule has 102 valence electrons. The molecule has 0 saturated heterocycles. The summed E-state index contributed by atoms with van der Waals surface area (Å²) in [5.41, 5.74) is 0.614. The molecule has 1 N–H and O–H groups in total. The Balaban J connectivity index is 2.07. The first-order chi connectivity index (χ1) is 9.01. The second-order valence-corrected chi connectivity index (χ2v) is 6.93. The molecule has 0 radical (unpaired) electrons. The van der Waals surface area contributed by atoms with Crippen molar-refractivity contribution in [1.29, 1.82) is 5.26 Å². The Hall–Kier alpha value is -1.38. The number of sulfonamides is 1. The van der Waals surface area contributed by atoms with E-state index >= 15 is 0 Å². The number of rotatable bonds is 5. The maximum absolute atomic E-state index is 12.1. The van der Waals surface area contributed by atoms with E-state index in [0.29, 0.717) is 12.1 Å². The summed E-state index contributed by atoms with van der Waals surface area (Å²) >= 11 is 0. The fourth-order valence-electron chi connectivity index (χ4n) is 2.37. The van der Waals surface area contributed by atoms with E-state index < -0.39 is 10.0 Å². The van der Waals surface area contributed by atoms with Crippen molar-refractivity contribution < 1.29 is 8.42 Å². The highest BCUT2D eigenvalue weighted by Crippen LogP contribution is 2.43. The van der Waals surface area contributed by atoms with Crippen LogP contribution < -0.4 is 4.72 Å². The number of hydrogen-bond acceptors (Lipinski definition) is 3. The number of nitrogens with one attached hydrogen (secondary N) is 1. The average molecular weight is 278 g/mol. The normalized spacial score (nSPS) is 17.5. The summed E-state index contributed by atoms with van der Waals surface area (Å²) in [6, 6.07) is 7.96. The van der Waals surface area contributed by atoms with Crippen molar-refractivity contribution in [1.82, 2.24) is 4.72 Å². The Kier molecular flexibility index (Phi) is 3.93. The summed E-state index contributed by atoms with van der Waals surface area (Å²) in [5.74, 6) is 0. The first kappa shape index (κ1) is 14.0. The summed E-state index contributed by atoms with van der Waals surface area (Å²) in [6.45, 7) is 2.61. The zero-order valence-corrected chi connectivity index (χ0v) is 11.8. The fraction of sp³-hybridized carbons (Fsp3) is 0.500. The van der Waals surface area contributed by atoms with Crippen LogP contribution in [0.2, 0.25) is 0 Å². The van der Waals surface area contributed by atoms with Gasteiger partial charge in [0.1, 0.15) is 0 Å². The van der Waals surface area contributed by atoms with Crippen molar-refractivity contribution in [3.63, 3.8) is 0 Å². The van der Waals surface area contributed by atoms with Gasteiger partial charge in [-0.3, -0.25) is 0 Å². The number of nitriles is 1. The molecule has 4 nitrogen and oxygen atoms in total. The standard InChI is InChI=1S/C14H18N2O2S/c1-2-14(8-3-9-14)11-16-19(17,18)13-6-4-12(10-15)5-7-13/h4-7,16H,2-3,8-9,11H2,1H3. The van der Waals surface area contributed by atoms with Crippen LogP contribution in [0.15, 0.2) is 29.2 Å². The van der Waals surface area contributed by atoms with Gasteiger partial charge in [-0.2, -0.15) is 5.26 Å². The number of nitrogens with zero attached hydrogens (tertiary/aromatic N) is 1. The fourth-order valence-corrected chi connectivity index (χ4v) is 3.53. The largest absolute Gasteiger partial charge is 0.240 e. The van der Waals surface area contributed by atoms with Crippen molar-refractivity contribution in [3.05, 3.63) is 29.8 Å². The Morgan fingerprint density at radius 1 is 1.32 bits per heavy atom. The monoisotopic (exact) mass is 278 g/mol. The third-order valence-corrected chi connectivity index (χ3v) is 5.51. The SMILES string of the molecule is CCC1(CNS(=O)(=O)c2ccc(C#N)cc2)CCC1. The number of benzene rings is 1. The molecule has 0 spiro atoms. The highest BCUT2D eigenvalue weighted by atomic mass is 32.2. The molecule has 5 heteroatoms. The highest BCUT2D eigenvalue weighted by molar-refractivity contribution is 7.89. The molecule has 19 heavy (non-hydrogen) atoms. The van der Waals surface area contributed by atoms with Crippen molar-refractivity contribution >= 4 is 10.0 Å². The summed E-state index contributed by atoms with van der Waals surface area (Å²) in [5, 5.41) is 8.70. The van der Waals surface area contributed by atoms with Gasteiger partial charge in [-0.05, 0) is 48.9 Å². The first-order valence-electron chi connectivity index (χ1n) is 6.51. The van der Waals surface area contributed by atoms with Gasteiger partial charge in [-0.15, -0.1) is 0 Å². The van der Waals surface area contributed by atoms with Gasteiger partial charge in [-0.1, -0.05) is 13.3 Å². The molecule has 1 aliphatic rings. The lowest BCUT2D eigenvalue weighted by Crippen LogP contribution is -2.41. The van der Waals surface area contributed by atoms with Crippen LogP contribution in [0.5, 0.6) is 0 Å². The van der Waals surface area contributed by atoms with Gasteiger partial charge in [0.2, 0.25) is 10.0 Å². The predicted octanol–water partition coefficient (Wildman–Crippen LogP) is 2.42. The molecule has 1 saturated carbocycles. The molecule has 0 heterocycles. The van der Waals surface area contributed by atoms with Gasteiger partial charge in [0.05, 0.1) is 16.5 Å². The molecule has 0 amide bonds. The molecular formula is C14H18N2O2S. The second-order valence-electron chi connectivity index (χ2n) is 5.17. The van der Waals surface area contributed by atoms with Crippen LogP contribution in [0.4, 0.5) is 0 Å². The molecule has 1 aliphatic carbocycles. The molecule has 0 aliphatic heterocycles. The minimum absolute atomic E-state index is 0.152. The average Bonchev–Trinajstić information content (AvgIpc) is 2.38. The third kappa shape index (κ3) is 2.96. The van der Waals surface area contributed by atoms with Crippen LogP contribution in [-0.4, -0.2) is 15.0 Å². The molecule has 0 atom stereocenters.